The van der Waals surface area contributed by atoms with Gasteiger partial charge in [-0.25, -0.2) is 0 Å². The molecule has 0 saturated heterocycles. The molecule has 0 amide bonds. The summed E-state index contributed by atoms with van der Waals surface area (Å²) in [6.45, 7) is 6.59. The van der Waals surface area contributed by atoms with E-state index < -0.39 is 0 Å². The molecule has 0 aliphatic heterocycles. The molecule has 0 saturated carbocycles. The van der Waals surface area contributed by atoms with Crippen LogP contribution < -0.4 is 28.9 Å². The van der Waals surface area contributed by atoms with Gasteiger partial charge in [0.1, 0.15) is 5.75 Å². The SMILES string of the molecule is CCOc1ccc(PC(=O)c2c(C)cccc2C)cc1.[Li+]. The molecule has 104 valence electrons. The Balaban J connectivity index is 0.00000220. The maximum atomic E-state index is 12.4. The van der Waals surface area contributed by atoms with Crippen molar-refractivity contribution in [2.75, 3.05) is 6.61 Å². The maximum absolute atomic E-state index is 12.4. The van der Waals surface area contributed by atoms with Gasteiger partial charge in [0.05, 0.1) is 6.61 Å². The minimum atomic E-state index is 0. The number of aryl methyl sites for hydroxylation is 2. The predicted molar refractivity (Wildman–Crippen MR) is 85.8 cm³/mol. The minimum Gasteiger partial charge on any atom is -0.494 e. The van der Waals surface area contributed by atoms with Crippen LogP contribution >= 0.6 is 8.58 Å². The average molecular weight is 293 g/mol. The summed E-state index contributed by atoms with van der Waals surface area (Å²) < 4.78 is 5.41. The normalized spacial score (nSPS) is 10.4. The Bertz CT molecular complexity index is 588. The van der Waals surface area contributed by atoms with Crippen LogP contribution in [0.25, 0.3) is 0 Å². The fraction of sp³-hybridized carbons (Fsp3) is 0.235. The second-order valence-electron chi connectivity index (χ2n) is 4.68. The first-order chi connectivity index (χ1) is 9.61. The van der Waals surface area contributed by atoms with Crippen LogP contribution in [0.1, 0.15) is 28.4 Å². The summed E-state index contributed by atoms with van der Waals surface area (Å²) in [4.78, 5) is 12.4. The van der Waals surface area contributed by atoms with Gasteiger partial charge in [0.25, 0.3) is 0 Å². The molecule has 1 unspecified atom stereocenters. The van der Waals surface area contributed by atoms with Crippen LogP contribution in [0.4, 0.5) is 0 Å². The third-order valence-corrected chi connectivity index (χ3v) is 4.23. The van der Waals surface area contributed by atoms with Crippen LogP contribution in [-0.2, 0) is 0 Å². The van der Waals surface area contributed by atoms with Gasteiger partial charge < -0.3 is 4.74 Å². The van der Waals surface area contributed by atoms with E-state index in [1.807, 2.05) is 63.2 Å². The van der Waals surface area contributed by atoms with Crippen LogP contribution in [-0.4, -0.2) is 12.1 Å². The summed E-state index contributed by atoms with van der Waals surface area (Å²) in [7, 11) is 0.152. The number of hydrogen-bond acceptors (Lipinski definition) is 2. The van der Waals surface area contributed by atoms with E-state index in [1.165, 1.54) is 0 Å². The van der Waals surface area contributed by atoms with Gasteiger partial charge in [0.15, 0.2) is 5.52 Å². The summed E-state index contributed by atoms with van der Waals surface area (Å²) in [6.07, 6.45) is 0. The zero-order valence-electron chi connectivity index (χ0n) is 13.1. The van der Waals surface area contributed by atoms with E-state index in [4.69, 9.17) is 4.74 Å². The van der Waals surface area contributed by atoms with Crippen LogP contribution in [0.5, 0.6) is 5.75 Å². The zero-order chi connectivity index (χ0) is 14.5. The maximum Gasteiger partial charge on any atom is 1.00 e. The molecular formula is C17H19LiO2P+. The molecule has 0 bridgehead atoms. The molecule has 0 aliphatic carbocycles. The smallest absolute Gasteiger partial charge is 0.494 e. The first-order valence-corrected chi connectivity index (χ1v) is 7.72. The predicted octanol–water partition coefficient (Wildman–Crippen LogP) is 0.850. The van der Waals surface area contributed by atoms with E-state index in [0.717, 1.165) is 27.7 Å². The van der Waals surface area contributed by atoms with E-state index in [2.05, 4.69) is 0 Å². The van der Waals surface area contributed by atoms with Crippen molar-refractivity contribution in [1.29, 1.82) is 0 Å². The Morgan fingerprint density at radius 1 is 1.05 bits per heavy atom. The van der Waals surface area contributed by atoms with Gasteiger partial charge >= 0.3 is 18.9 Å². The quantitative estimate of drug-likeness (QED) is 0.603. The van der Waals surface area contributed by atoms with E-state index in [-0.39, 0.29) is 33.0 Å². The van der Waals surface area contributed by atoms with Gasteiger partial charge in [-0.05, 0) is 57.9 Å². The molecule has 1 atom stereocenters. The Kier molecular flexibility index (Phi) is 7.19. The summed E-state index contributed by atoms with van der Waals surface area (Å²) in [5.74, 6) is 0.848. The number of carbonyl (C=O) groups excluding carboxylic acids is 1. The van der Waals surface area contributed by atoms with Crippen molar-refractivity contribution in [1.82, 2.24) is 0 Å². The van der Waals surface area contributed by atoms with Gasteiger partial charge in [0, 0.05) is 5.56 Å². The first-order valence-electron chi connectivity index (χ1n) is 6.72. The molecule has 2 aromatic carbocycles. The Morgan fingerprint density at radius 3 is 2.14 bits per heavy atom. The summed E-state index contributed by atoms with van der Waals surface area (Å²) in [5, 5.41) is 1.04. The van der Waals surface area contributed by atoms with Crippen LogP contribution in [0.3, 0.4) is 0 Å². The molecule has 21 heavy (non-hydrogen) atoms. The van der Waals surface area contributed by atoms with E-state index >= 15 is 0 Å². The Labute approximate surface area is 140 Å². The molecule has 0 radical (unpaired) electrons. The second-order valence-corrected chi connectivity index (χ2v) is 5.96. The number of carbonyl (C=O) groups is 1. The fourth-order valence-electron chi connectivity index (χ4n) is 2.17. The second kappa shape index (κ2) is 8.40. The number of hydrogen-bond donors (Lipinski definition) is 0. The topological polar surface area (TPSA) is 26.3 Å². The van der Waals surface area contributed by atoms with Crippen molar-refractivity contribution in [3.05, 3.63) is 59.2 Å². The molecule has 0 N–H and O–H groups in total. The van der Waals surface area contributed by atoms with Gasteiger partial charge in [-0.1, -0.05) is 30.3 Å². The van der Waals surface area contributed by atoms with E-state index in [0.29, 0.717) is 6.61 Å². The standard InChI is InChI=1S/C17H19O2P.Li/c1-4-19-14-8-10-15(11-9-14)20-17(18)16-12(2)6-5-7-13(16)3;/h5-11,20H,4H2,1-3H3;/q;+1. The van der Waals surface area contributed by atoms with Crippen LogP contribution in [0.2, 0.25) is 0 Å². The largest absolute Gasteiger partial charge is 1.00 e. The molecule has 2 aromatic rings. The van der Waals surface area contributed by atoms with Crippen molar-refractivity contribution in [2.45, 2.75) is 20.8 Å². The Hall–Kier alpha value is -1.06. The van der Waals surface area contributed by atoms with Crippen LogP contribution in [0.15, 0.2) is 42.5 Å². The molecule has 0 heterocycles. The molecule has 4 heteroatoms. The minimum absolute atomic E-state index is 0. The van der Waals surface area contributed by atoms with Crippen molar-refractivity contribution in [3.8, 4) is 5.75 Å². The van der Waals surface area contributed by atoms with Crippen molar-refractivity contribution in [2.24, 2.45) is 0 Å². The third-order valence-electron chi connectivity index (χ3n) is 3.13. The molecular weight excluding hydrogens is 274 g/mol. The summed E-state index contributed by atoms with van der Waals surface area (Å²) in [6, 6.07) is 13.7. The van der Waals surface area contributed by atoms with Gasteiger partial charge in [0.2, 0.25) is 0 Å². The average Bonchev–Trinajstić information content (AvgIpc) is 2.41. The van der Waals surface area contributed by atoms with Gasteiger partial charge in [-0.15, -0.1) is 0 Å². The fourth-order valence-corrected chi connectivity index (χ4v) is 3.28. The zero-order valence-corrected chi connectivity index (χ0v) is 14.1. The summed E-state index contributed by atoms with van der Waals surface area (Å²) >= 11 is 0. The van der Waals surface area contributed by atoms with Crippen molar-refractivity contribution >= 4 is 19.4 Å². The summed E-state index contributed by atoms with van der Waals surface area (Å²) in [5.41, 5.74) is 3.16. The molecule has 0 aliphatic rings. The van der Waals surface area contributed by atoms with Gasteiger partial charge in [-0.2, -0.15) is 0 Å². The molecule has 2 nitrogen and oxygen atoms in total. The number of rotatable bonds is 5. The monoisotopic (exact) mass is 293 g/mol. The molecule has 0 aromatic heterocycles. The van der Waals surface area contributed by atoms with E-state index in [9.17, 15) is 4.79 Å². The number of ether oxygens (including phenoxy) is 1. The molecule has 0 fully saturated rings. The molecule has 0 spiro atoms. The van der Waals surface area contributed by atoms with Crippen molar-refractivity contribution < 1.29 is 28.4 Å². The first kappa shape index (κ1) is 18.0. The third kappa shape index (κ3) is 4.72. The van der Waals surface area contributed by atoms with Crippen LogP contribution in [0, 0.1) is 13.8 Å². The van der Waals surface area contributed by atoms with Crippen molar-refractivity contribution in [3.63, 3.8) is 0 Å². The Morgan fingerprint density at radius 2 is 1.62 bits per heavy atom. The number of benzene rings is 2. The van der Waals surface area contributed by atoms with Gasteiger partial charge in [-0.3, -0.25) is 4.79 Å². The van der Waals surface area contributed by atoms with E-state index in [1.54, 1.807) is 0 Å². The molecule has 2 rings (SSSR count).